The van der Waals surface area contributed by atoms with E-state index < -0.39 is 0 Å². The zero-order valence-electron chi connectivity index (χ0n) is 9.15. The lowest BCUT2D eigenvalue weighted by atomic mass is 10.2. The van der Waals surface area contributed by atoms with Crippen molar-refractivity contribution in [3.05, 3.63) is 12.3 Å². The number of amides is 1. The summed E-state index contributed by atoms with van der Waals surface area (Å²) in [7, 11) is 0. The quantitative estimate of drug-likeness (QED) is 0.538. The zero-order valence-corrected chi connectivity index (χ0v) is 9.15. The van der Waals surface area contributed by atoms with Crippen LogP contribution in [0.3, 0.4) is 0 Å². The Labute approximate surface area is 95.0 Å². The number of terminal acetylenes is 1. The number of hydrogen-bond acceptors (Lipinski definition) is 3. The van der Waals surface area contributed by atoms with Gasteiger partial charge in [0.15, 0.2) is 0 Å². The number of nitrogens with zero attached hydrogens (tertiary/aromatic N) is 2. The topological polar surface area (TPSA) is 72.9 Å². The minimum atomic E-state index is -0.0659. The van der Waals surface area contributed by atoms with Gasteiger partial charge >= 0.3 is 0 Å². The van der Waals surface area contributed by atoms with Crippen LogP contribution in [0.1, 0.15) is 19.3 Å². The fourth-order valence-electron chi connectivity index (χ4n) is 1.25. The number of rotatable bonds is 6. The van der Waals surface area contributed by atoms with Crippen molar-refractivity contribution in [2.24, 2.45) is 0 Å². The van der Waals surface area contributed by atoms with Crippen LogP contribution in [0, 0.1) is 12.3 Å². The van der Waals surface area contributed by atoms with Crippen molar-refractivity contribution in [2.45, 2.75) is 25.8 Å². The van der Waals surface area contributed by atoms with E-state index in [1.54, 1.807) is 12.3 Å². The first-order chi connectivity index (χ1) is 7.72. The number of aromatic nitrogens is 2. The average Bonchev–Trinajstić information content (AvgIpc) is 2.63. The Kier molecular flexibility index (Phi) is 4.93. The van der Waals surface area contributed by atoms with E-state index in [2.05, 4.69) is 16.3 Å². The van der Waals surface area contributed by atoms with Crippen LogP contribution in [0.15, 0.2) is 12.3 Å². The molecule has 0 bridgehead atoms. The molecule has 1 aromatic heterocycles. The maximum absolute atomic E-state index is 11.4. The Morgan fingerprint density at radius 1 is 1.62 bits per heavy atom. The third-order valence-electron chi connectivity index (χ3n) is 2.04. The molecular weight excluding hydrogens is 204 g/mol. The summed E-state index contributed by atoms with van der Waals surface area (Å²) < 4.78 is 1.51. The normalized spacial score (nSPS) is 9.69. The summed E-state index contributed by atoms with van der Waals surface area (Å²) in [5.74, 6) is 2.91. The molecule has 0 saturated heterocycles. The molecule has 86 valence electrons. The summed E-state index contributed by atoms with van der Waals surface area (Å²) in [6.07, 6.45) is 9.38. The predicted molar refractivity (Wildman–Crippen MR) is 62.3 cm³/mol. The molecule has 0 atom stereocenters. The van der Waals surface area contributed by atoms with E-state index in [0.29, 0.717) is 12.4 Å². The van der Waals surface area contributed by atoms with Crippen LogP contribution < -0.4 is 11.1 Å². The SMILES string of the molecule is C#CCCCCNC(=O)Cn1ccc(N)n1. The van der Waals surface area contributed by atoms with Crippen LogP contribution in [-0.2, 0) is 11.3 Å². The largest absolute Gasteiger partial charge is 0.382 e. The molecule has 1 heterocycles. The Morgan fingerprint density at radius 3 is 3.06 bits per heavy atom. The zero-order chi connectivity index (χ0) is 11.8. The monoisotopic (exact) mass is 220 g/mol. The Morgan fingerprint density at radius 2 is 2.44 bits per heavy atom. The summed E-state index contributed by atoms with van der Waals surface area (Å²) >= 11 is 0. The predicted octanol–water partition coefficient (Wildman–Crippen LogP) is 0.385. The molecule has 1 aromatic rings. The van der Waals surface area contributed by atoms with Crippen molar-refractivity contribution in [3.8, 4) is 12.3 Å². The number of carbonyl (C=O) groups excluding carboxylic acids is 1. The van der Waals surface area contributed by atoms with Gasteiger partial charge in [0.2, 0.25) is 5.91 Å². The lowest BCUT2D eigenvalue weighted by Gasteiger charge is -2.04. The van der Waals surface area contributed by atoms with E-state index in [-0.39, 0.29) is 12.5 Å². The smallest absolute Gasteiger partial charge is 0.241 e. The van der Waals surface area contributed by atoms with Gasteiger partial charge in [-0.05, 0) is 18.9 Å². The van der Waals surface area contributed by atoms with E-state index in [9.17, 15) is 4.79 Å². The van der Waals surface area contributed by atoms with Gasteiger partial charge in [-0.3, -0.25) is 9.48 Å². The van der Waals surface area contributed by atoms with Crippen molar-refractivity contribution in [1.82, 2.24) is 15.1 Å². The van der Waals surface area contributed by atoms with Gasteiger partial charge < -0.3 is 11.1 Å². The van der Waals surface area contributed by atoms with E-state index in [1.807, 2.05) is 0 Å². The summed E-state index contributed by atoms with van der Waals surface area (Å²) in [5, 5.41) is 6.71. The second kappa shape index (κ2) is 6.51. The molecule has 16 heavy (non-hydrogen) atoms. The number of nitrogen functional groups attached to an aromatic ring is 1. The van der Waals surface area contributed by atoms with E-state index in [0.717, 1.165) is 19.3 Å². The fraction of sp³-hybridized carbons (Fsp3) is 0.455. The van der Waals surface area contributed by atoms with Crippen LogP contribution in [-0.4, -0.2) is 22.2 Å². The van der Waals surface area contributed by atoms with Gasteiger partial charge in [-0.1, -0.05) is 0 Å². The van der Waals surface area contributed by atoms with Crippen molar-refractivity contribution < 1.29 is 4.79 Å². The number of nitrogens with two attached hydrogens (primary N) is 1. The molecule has 5 nitrogen and oxygen atoms in total. The highest BCUT2D eigenvalue weighted by molar-refractivity contribution is 5.75. The molecule has 0 aliphatic rings. The molecule has 3 N–H and O–H groups in total. The molecule has 0 spiro atoms. The standard InChI is InChI=1S/C11H16N4O/c1-2-3-4-5-7-13-11(16)9-15-8-6-10(12)14-15/h1,6,8H,3-5,7,9H2,(H2,12,14)(H,13,16). The summed E-state index contributed by atoms with van der Waals surface area (Å²) in [5.41, 5.74) is 5.43. The lowest BCUT2D eigenvalue weighted by Crippen LogP contribution is -2.28. The van der Waals surface area contributed by atoms with Gasteiger partial charge in [-0.25, -0.2) is 0 Å². The van der Waals surface area contributed by atoms with Crippen LogP contribution in [0.5, 0.6) is 0 Å². The highest BCUT2D eigenvalue weighted by Crippen LogP contribution is 1.95. The molecule has 1 amide bonds. The van der Waals surface area contributed by atoms with Gasteiger partial charge in [-0.15, -0.1) is 12.3 Å². The molecule has 1 rings (SSSR count). The van der Waals surface area contributed by atoms with Gasteiger partial charge in [0.1, 0.15) is 12.4 Å². The molecule has 0 saturated carbocycles. The lowest BCUT2D eigenvalue weighted by molar-refractivity contribution is -0.121. The maximum atomic E-state index is 11.4. The Balaban J connectivity index is 2.14. The summed E-state index contributed by atoms with van der Waals surface area (Å²) in [6, 6.07) is 1.65. The molecular formula is C11H16N4O. The minimum absolute atomic E-state index is 0.0659. The number of nitrogens with one attached hydrogen (secondary N) is 1. The second-order valence-corrected chi connectivity index (χ2v) is 3.45. The third kappa shape index (κ3) is 4.51. The minimum Gasteiger partial charge on any atom is -0.382 e. The van der Waals surface area contributed by atoms with Gasteiger partial charge in [0.25, 0.3) is 0 Å². The second-order valence-electron chi connectivity index (χ2n) is 3.45. The number of hydrogen-bond donors (Lipinski definition) is 2. The van der Waals surface area contributed by atoms with E-state index in [1.165, 1.54) is 4.68 Å². The highest BCUT2D eigenvalue weighted by atomic mass is 16.2. The van der Waals surface area contributed by atoms with Crippen molar-refractivity contribution >= 4 is 11.7 Å². The molecule has 0 fully saturated rings. The Bertz CT molecular complexity index is 378. The summed E-state index contributed by atoms with van der Waals surface area (Å²) in [6.45, 7) is 0.851. The van der Waals surface area contributed by atoms with Crippen LogP contribution in [0.2, 0.25) is 0 Å². The molecule has 0 aromatic carbocycles. The van der Waals surface area contributed by atoms with Crippen LogP contribution >= 0.6 is 0 Å². The Hall–Kier alpha value is -1.96. The van der Waals surface area contributed by atoms with Crippen LogP contribution in [0.4, 0.5) is 5.82 Å². The molecule has 0 unspecified atom stereocenters. The molecule has 5 heteroatoms. The van der Waals surface area contributed by atoms with Gasteiger partial charge in [0, 0.05) is 19.2 Å². The van der Waals surface area contributed by atoms with Gasteiger partial charge in [-0.2, -0.15) is 5.10 Å². The number of unbranched alkanes of at least 4 members (excludes halogenated alkanes) is 2. The average molecular weight is 220 g/mol. The van der Waals surface area contributed by atoms with Crippen molar-refractivity contribution in [1.29, 1.82) is 0 Å². The van der Waals surface area contributed by atoms with E-state index >= 15 is 0 Å². The maximum Gasteiger partial charge on any atom is 0.241 e. The van der Waals surface area contributed by atoms with Crippen LogP contribution in [0.25, 0.3) is 0 Å². The third-order valence-corrected chi connectivity index (χ3v) is 2.04. The molecule has 0 aliphatic carbocycles. The first kappa shape index (κ1) is 12.1. The number of carbonyl (C=O) groups is 1. The van der Waals surface area contributed by atoms with E-state index in [4.69, 9.17) is 12.2 Å². The molecule has 0 aliphatic heterocycles. The van der Waals surface area contributed by atoms with Crippen molar-refractivity contribution in [2.75, 3.05) is 12.3 Å². The fourth-order valence-corrected chi connectivity index (χ4v) is 1.25. The first-order valence-corrected chi connectivity index (χ1v) is 5.21. The van der Waals surface area contributed by atoms with Crippen molar-refractivity contribution in [3.63, 3.8) is 0 Å². The first-order valence-electron chi connectivity index (χ1n) is 5.21. The molecule has 0 radical (unpaired) electrons. The summed E-state index contributed by atoms with van der Waals surface area (Å²) in [4.78, 5) is 11.4. The number of anilines is 1. The van der Waals surface area contributed by atoms with Gasteiger partial charge in [0.05, 0.1) is 0 Å². The highest BCUT2D eigenvalue weighted by Gasteiger charge is 2.02.